The predicted octanol–water partition coefficient (Wildman–Crippen LogP) is -0.352. The Hall–Kier alpha value is 0.540. The van der Waals surface area contributed by atoms with Crippen LogP contribution >= 0.6 is 23.5 Å². The molecule has 3 atom stereocenters. The maximum Gasteiger partial charge on any atom is 0.108 e. The summed E-state index contributed by atoms with van der Waals surface area (Å²) in [6.45, 7) is -0.525. The highest BCUT2D eigenvalue weighted by Crippen LogP contribution is 2.34. The molecule has 1 rings (SSSR count). The van der Waals surface area contributed by atoms with E-state index in [1.165, 1.54) is 6.42 Å². The first-order valence-electron chi connectivity index (χ1n) is 5.03. The quantitative estimate of drug-likeness (QED) is 0.537. The molecule has 0 bridgehead atoms. The highest BCUT2D eigenvalue weighted by molar-refractivity contribution is 8.17. The van der Waals surface area contributed by atoms with Gasteiger partial charge >= 0.3 is 0 Å². The third kappa shape index (κ3) is 4.50. The van der Waals surface area contributed by atoms with Gasteiger partial charge < -0.3 is 20.4 Å². The van der Waals surface area contributed by atoms with E-state index >= 15 is 0 Å². The van der Waals surface area contributed by atoms with Crippen molar-refractivity contribution in [1.82, 2.24) is 0 Å². The Morgan fingerprint density at radius 2 is 1.67 bits per heavy atom. The number of rotatable bonds is 5. The van der Waals surface area contributed by atoms with E-state index in [9.17, 15) is 10.2 Å². The lowest BCUT2D eigenvalue weighted by Gasteiger charge is -2.27. The summed E-state index contributed by atoms with van der Waals surface area (Å²) in [4.78, 5) is 0. The second-order valence-electron chi connectivity index (χ2n) is 3.57. The smallest absolute Gasteiger partial charge is 0.108 e. The Kier molecular flexibility index (Phi) is 6.33. The minimum atomic E-state index is -1.25. The topological polar surface area (TPSA) is 80.9 Å². The zero-order valence-electron chi connectivity index (χ0n) is 8.45. The van der Waals surface area contributed by atoms with Crippen molar-refractivity contribution < 1.29 is 20.4 Å². The first kappa shape index (κ1) is 13.6. The Balaban J connectivity index is 2.29. The van der Waals surface area contributed by atoms with Gasteiger partial charge in [0.15, 0.2) is 0 Å². The molecule has 4 nitrogen and oxygen atoms in total. The van der Waals surface area contributed by atoms with Crippen LogP contribution in [0.1, 0.15) is 12.8 Å². The Morgan fingerprint density at radius 1 is 1.07 bits per heavy atom. The first-order chi connectivity index (χ1) is 7.15. The van der Waals surface area contributed by atoms with Crippen LogP contribution in [0.4, 0.5) is 0 Å². The van der Waals surface area contributed by atoms with E-state index in [2.05, 4.69) is 0 Å². The molecule has 1 aliphatic rings. The van der Waals surface area contributed by atoms with Gasteiger partial charge in [0.05, 0.1) is 17.3 Å². The second-order valence-corrected chi connectivity index (χ2v) is 6.49. The molecular weight excluding hydrogens is 236 g/mol. The normalized spacial score (nSPS) is 24.8. The van der Waals surface area contributed by atoms with Gasteiger partial charge in [0, 0.05) is 0 Å². The number of thioether (sulfide) groups is 2. The highest BCUT2D eigenvalue weighted by atomic mass is 32.2. The molecule has 90 valence electrons. The average molecular weight is 254 g/mol. The van der Waals surface area contributed by atoms with Gasteiger partial charge in [-0.2, -0.15) is 0 Å². The third-order valence-corrected chi connectivity index (χ3v) is 5.30. The molecule has 4 N–H and O–H groups in total. The molecular formula is C9H18O4S2. The molecule has 0 aromatic carbocycles. The van der Waals surface area contributed by atoms with Crippen LogP contribution in [0.5, 0.6) is 0 Å². The molecule has 1 heterocycles. The monoisotopic (exact) mass is 254 g/mol. The molecule has 1 fully saturated rings. The largest absolute Gasteiger partial charge is 0.394 e. The van der Waals surface area contributed by atoms with Gasteiger partial charge in [-0.25, -0.2) is 0 Å². The molecule has 0 spiro atoms. The standard InChI is InChI=1S/C9H18O4S2/c10-5-7(12)9(13)6(11)4-8-14-2-1-3-15-8/h6-13H,1-5H2/t6-,7+,9+/m1/s1. The van der Waals surface area contributed by atoms with E-state index < -0.39 is 24.9 Å². The minimum Gasteiger partial charge on any atom is -0.394 e. The molecule has 0 unspecified atom stereocenters. The van der Waals surface area contributed by atoms with E-state index in [1.54, 1.807) is 23.5 Å². The van der Waals surface area contributed by atoms with Crippen LogP contribution in [0.15, 0.2) is 0 Å². The molecule has 0 saturated carbocycles. The van der Waals surface area contributed by atoms with Gasteiger partial charge in [-0.05, 0) is 24.3 Å². The lowest BCUT2D eigenvalue weighted by molar-refractivity contribution is -0.0769. The SMILES string of the molecule is OC[C@H](O)[C@@H](O)[C@H](O)CC1SCCCS1. The predicted molar refractivity (Wildman–Crippen MR) is 63.0 cm³/mol. The number of hydrogen-bond acceptors (Lipinski definition) is 6. The number of aliphatic hydroxyl groups excluding tert-OH is 4. The maximum absolute atomic E-state index is 9.62. The van der Waals surface area contributed by atoms with Crippen LogP contribution in [0, 0.1) is 0 Å². The number of aliphatic hydroxyl groups is 4. The Bertz CT molecular complexity index is 175. The van der Waals surface area contributed by atoms with Crippen LogP contribution in [0.2, 0.25) is 0 Å². The van der Waals surface area contributed by atoms with Crippen molar-refractivity contribution in [3.05, 3.63) is 0 Å². The lowest BCUT2D eigenvalue weighted by Crippen LogP contribution is -2.40. The van der Waals surface area contributed by atoms with Crippen LogP contribution < -0.4 is 0 Å². The maximum atomic E-state index is 9.62. The summed E-state index contributed by atoms with van der Waals surface area (Å²) in [6, 6.07) is 0. The van der Waals surface area contributed by atoms with Crippen molar-refractivity contribution in [3.8, 4) is 0 Å². The molecule has 1 aliphatic heterocycles. The fourth-order valence-electron chi connectivity index (χ4n) is 1.37. The van der Waals surface area contributed by atoms with Crippen molar-refractivity contribution >= 4 is 23.5 Å². The third-order valence-electron chi connectivity index (χ3n) is 2.31. The van der Waals surface area contributed by atoms with Crippen LogP contribution in [-0.4, -0.2) is 61.4 Å². The van der Waals surface area contributed by atoms with E-state index in [0.717, 1.165) is 11.5 Å². The zero-order valence-corrected chi connectivity index (χ0v) is 10.1. The van der Waals surface area contributed by atoms with Crippen molar-refractivity contribution in [2.75, 3.05) is 18.1 Å². The van der Waals surface area contributed by atoms with Gasteiger partial charge in [-0.3, -0.25) is 0 Å². The second kappa shape index (κ2) is 6.98. The first-order valence-corrected chi connectivity index (χ1v) is 7.13. The summed E-state index contributed by atoms with van der Waals surface area (Å²) < 4.78 is 0.286. The van der Waals surface area contributed by atoms with Crippen LogP contribution in [0.3, 0.4) is 0 Å². The summed E-state index contributed by atoms with van der Waals surface area (Å²) in [5.41, 5.74) is 0. The molecule has 0 aliphatic carbocycles. The van der Waals surface area contributed by atoms with Crippen molar-refractivity contribution in [2.45, 2.75) is 35.7 Å². The fourth-order valence-corrected chi connectivity index (χ4v) is 4.33. The summed E-state index contributed by atoms with van der Waals surface area (Å²) in [5, 5.41) is 36.8. The summed E-state index contributed by atoms with van der Waals surface area (Å²) in [5.74, 6) is 2.17. The van der Waals surface area contributed by atoms with E-state index in [0.29, 0.717) is 6.42 Å². The van der Waals surface area contributed by atoms with Gasteiger partial charge in [0.2, 0.25) is 0 Å². The summed E-state index contributed by atoms with van der Waals surface area (Å²) >= 11 is 3.55. The zero-order chi connectivity index (χ0) is 11.3. The molecule has 1 saturated heterocycles. The van der Waals surface area contributed by atoms with Gasteiger partial charge in [-0.15, -0.1) is 23.5 Å². The van der Waals surface area contributed by atoms with Crippen LogP contribution in [0.25, 0.3) is 0 Å². The molecule has 0 amide bonds. The van der Waals surface area contributed by atoms with Gasteiger partial charge in [0.1, 0.15) is 12.2 Å². The van der Waals surface area contributed by atoms with Gasteiger partial charge in [-0.1, -0.05) is 0 Å². The van der Waals surface area contributed by atoms with E-state index in [1.807, 2.05) is 0 Å². The van der Waals surface area contributed by atoms with Crippen molar-refractivity contribution in [3.63, 3.8) is 0 Å². The highest BCUT2D eigenvalue weighted by Gasteiger charge is 2.27. The molecule has 6 heteroatoms. The molecule has 0 aromatic heterocycles. The molecule has 0 aromatic rings. The Morgan fingerprint density at radius 3 is 2.20 bits per heavy atom. The lowest BCUT2D eigenvalue weighted by atomic mass is 10.1. The summed E-state index contributed by atoms with van der Waals surface area (Å²) in [6.07, 6.45) is -1.83. The minimum absolute atomic E-state index is 0.286. The van der Waals surface area contributed by atoms with E-state index in [-0.39, 0.29) is 4.58 Å². The Labute approximate surface area is 98.1 Å². The molecule has 15 heavy (non-hydrogen) atoms. The van der Waals surface area contributed by atoms with E-state index in [4.69, 9.17) is 10.2 Å². The summed E-state index contributed by atoms with van der Waals surface area (Å²) in [7, 11) is 0. The molecule has 0 radical (unpaired) electrons. The number of hydrogen-bond donors (Lipinski definition) is 4. The average Bonchev–Trinajstić information content (AvgIpc) is 2.28. The van der Waals surface area contributed by atoms with Crippen LogP contribution in [-0.2, 0) is 0 Å². The van der Waals surface area contributed by atoms with Crippen molar-refractivity contribution in [1.29, 1.82) is 0 Å². The van der Waals surface area contributed by atoms with Crippen molar-refractivity contribution in [2.24, 2.45) is 0 Å². The van der Waals surface area contributed by atoms with Gasteiger partial charge in [0.25, 0.3) is 0 Å². The fraction of sp³-hybridized carbons (Fsp3) is 1.00.